The lowest BCUT2D eigenvalue weighted by molar-refractivity contribution is -0.277. The van der Waals surface area contributed by atoms with Crippen LogP contribution in [-0.2, 0) is 68.4 Å². The summed E-state index contributed by atoms with van der Waals surface area (Å²) >= 11 is 0. The molecule has 1 fully saturated rings. The number of carbonyl (C=O) groups excluding carboxylic acids is 3. The van der Waals surface area contributed by atoms with Crippen LogP contribution >= 0.6 is 0 Å². The second-order valence-corrected chi connectivity index (χ2v) is 21.5. The largest absolute Gasteiger partial charge is 0.501 e. The van der Waals surface area contributed by atoms with Crippen molar-refractivity contribution in [2.24, 2.45) is 24.1 Å². The normalized spacial score (nSPS) is 21.5. The number of aliphatic hydroxyl groups is 4. The average Bonchev–Trinajstić information content (AvgIpc) is 4.15. The van der Waals surface area contributed by atoms with Gasteiger partial charge in [-0.2, -0.15) is 0 Å². The van der Waals surface area contributed by atoms with Gasteiger partial charge in [0.1, 0.15) is 49.5 Å². The minimum atomic E-state index is -5.22. The van der Waals surface area contributed by atoms with E-state index in [1.165, 1.54) is 38.5 Å². The molecule has 1 saturated heterocycles. The smallest absolute Gasteiger partial charge is 0.493 e. The summed E-state index contributed by atoms with van der Waals surface area (Å²) < 4.78 is 79.0. The fourth-order valence-electron chi connectivity index (χ4n) is 10.5. The Bertz CT molecular complexity index is 3530. The molecule has 0 bridgehead atoms. The second-order valence-electron chi connectivity index (χ2n) is 20.4. The second kappa shape index (κ2) is 23.0. The van der Waals surface area contributed by atoms with E-state index >= 15 is 0 Å². The van der Waals surface area contributed by atoms with Crippen LogP contribution < -0.4 is 37.4 Å². The first-order valence-electron chi connectivity index (χ1n) is 26.5. The Balaban J connectivity index is 0.899. The SMILES string of the molecule is CCCNC(=O)c1ccc(O[C@@H]2O[C@H](CO)[C@H](O)[C@H](O)[C@H]2O)c(OS(=O)(=O)Oc2cc(COc3cc4c(cc3OC)C(=O)N3Cc5ncn(C)c5CC3N=C4)cc(COc3cc4c(cc3OC)C(=O)N3Cc5ncn(C)c5C[C@H]3C=N4)c2)c1. The number of fused-ring (bicyclic) bond motifs is 6. The van der Waals surface area contributed by atoms with Crippen molar-refractivity contribution in [1.29, 1.82) is 0 Å². The molecule has 0 saturated carbocycles. The third-order valence-corrected chi connectivity index (χ3v) is 15.7. The first-order valence-corrected chi connectivity index (χ1v) is 27.8. The van der Waals surface area contributed by atoms with E-state index in [-0.39, 0.29) is 90.6 Å². The van der Waals surface area contributed by atoms with Crippen molar-refractivity contribution >= 4 is 46.2 Å². The van der Waals surface area contributed by atoms with Crippen LogP contribution in [0, 0.1) is 0 Å². The molecule has 1 unspecified atom stereocenters. The van der Waals surface area contributed by atoms with E-state index in [0.717, 1.165) is 28.8 Å². The first kappa shape index (κ1) is 56.3. The molecule has 11 rings (SSSR count). The minimum Gasteiger partial charge on any atom is -0.493 e. The van der Waals surface area contributed by atoms with Crippen LogP contribution in [0.5, 0.6) is 40.2 Å². The predicted octanol–water partition coefficient (Wildman–Crippen LogP) is 2.59. The molecule has 4 aromatic carbocycles. The number of ether oxygens (including phenoxy) is 6. The van der Waals surface area contributed by atoms with Gasteiger partial charge in [-0.25, -0.2) is 9.97 Å². The maximum absolute atomic E-state index is 14.2. The van der Waals surface area contributed by atoms with Gasteiger partial charge in [0.05, 0.1) is 80.8 Å². The summed E-state index contributed by atoms with van der Waals surface area (Å²) in [5.41, 5.74) is 5.57. The van der Waals surface area contributed by atoms with Crippen LogP contribution in [0.25, 0.3) is 0 Å². The number of amides is 3. The number of aliphatic hydroxyl groups excluding tert-OH is 4. The molecular weight excluding hydrogens is 1100 g/mol. The molecule has 436 valence electrons. The average molecular weight is 1160 g/mol. The molecule has 3 amide bonds. The van der Waals surface area contributed by atoms with Gasteiger partial charge in [0.25, 0.3) is 17.7 Å². The van der Waals surface area contributed by atoms with E-state index in [4.69, 9.17) is 46.8 Å². The van der Waals surface area contributed by atoms with Gasteiger partial charge in [-0.05, 0) is 72.1 Å². The third kappa shape index (κ3) is 11.2. The van der Waals surface area contributed by atoms with Crippen LogP contribution in [0.15, 0.2) is 83.3 Å². The zero-order valence-corrected chi connectivity index (χ0v) is 46.4. The molecule has 7 atom stereocenters. The van der Waals surface area contributed by atoms with E-state index in [0.29, 0.717) is 47.2 Å². The van der Waals surface area contributed by atoms with Gasteiger partial charge < -0.3 is 81.5 Å². The van der Waals surface area contributed by atoms with Crippen LogP contribution in [0.3, 0.4) is 0 Å². The van der Waals surface area contributed by atoms with Crippen LogP contribution in [-0.4, -0.2) is 158 Å². The summed E-state index contributed by atoms with van der Waals surface area (Å²) in [4.78, 5) is 63.3. The summed E-state index contributed by atoms with van der Waals surface area (Å²) in [5, 5.41) is 44.2. The molecule has 0 radical (unpaired) electrons. The lowest BCUT2D eigenvalue weighted by atomic mass is 9.99. The molecule has 5 N–H and O–H groups in total. The summed E-state index contributed by atoms with van der Waals surface area (Å²) in [6, 6.07) is 13.9. The van der Waals surface area contributed by atoms with Crippen molar-refractivity contribution in [1.82, 2.24) is 34.2 Å². The molecule has 5 aliphatic rings. The predicted molar refractivity (Wildman–Crippen MR) is 292 cm³/mol. The highest BCUT2D eigenvalue weighted by molar-refractivity contribution is 7.82. The van der Waals surface area contributed by atoms with Gasteiger partial charge in [0, 0.05) is 74.5 Å². The van der Waals surface area contributed by atoms with Crippen LogP contribution in [0.1, 0.15) is 83.9 Å². The maximum atomic E-state index is 14.2. The summed E-state index contributed by atoms with van der Waals surface area (Å²) in [6.07, 6.45) is -0.768. The Hall–Kier alpha value is -8.60. The molecule has 83 heavy (non-hydrogen) atoms. The van der Waals surface area contributed by atoms with Crippen LogP contribution in [0.2, 0.25) is 0 Å². The highest BCUT2D eigenvalue weighted by Gasteiger charge is 2.45. The van der Waals surface area contributed by atoms with E-state index < -0.39 is 71.3 Å². The standard InChI is InChI=1S/C56H59N9O17S/c1-6-9-57-53(70)31-7-8-42(79-56-52(69)51(68)50(67)48(24-66)80-56)47(13-31)82-83(73,74)81-34-11-29(25-77-45-14-32-20-59-49-19-41-39(61-28-63(41)3)23-65(49)54(71)35(32)16-43(45)75-4)10-30(12-34)26-78-46-18-37-36(17-44(46)76-5)55(72)64-22-38-40(62(2)27-60-38)15-33(64)21-58-37/h7-8,10-14,16-18,20-21,27-28,33,48-52,56,66-69H,6,9,15,19,22-26H2,1-5H3,(H,57,70)/t33-,48+,49?,50-,51-,52+,56+/m0/s1. The maximum Gasteiger partial charge on any atom is 0.501 e. The number of nitrogens with zero attached hydrogens (tertiary/aromatic N) is 8. The molecule has 0 spiro atoms. The van der Waals surface area contributed by atoms with E-state index in [1.54, 1.807) is 65.2 Å². The number of benzene rings is 4. The van der Waals surface area contributed by atoms with Crippen molar-refractivity contribution in [2.45, 2.75) is 95.4 Å². The van der Waals surface area contributed by atoms with Gasteiger partial charge in [-0.15, -0.1) is 8.42 Å². The highest BCUT2D eigenvalue weighted by atomic mass is 32.3. The fourth-order valence-corrected chi connectivity index (χ4v) is 11.2. The summed E-state index contributed by atoms with van der Waals surface area (Å²) in [5.74, 6) is -1.66. The zero-order chi connectivity index (χ0) is 58.4. The highest BCUT2D eigenvalue weighted by Crippen LogP contribution is 2.41. The molecule has 26 nitrogen and oxygen atoms in total. The molecule has 27 heteroatoms. The number of imidazole rings is 2. The number of nitrogens with one attached hydrogen (secondary N) is 1. The quantitative estimate of drug-likeness (QED) is 0.0826. The van der Waals surface area contributed by atoms with Crippen molar-refractivity contribution in [3.8, 4) is 40.2 Å². The summed E-state index contributed by atoms with van der Waals surface area (Å²) in [6.45, 7) is 1.40. The van der Waals surface area contributed by atoms with Crippen LogP contribution in [0.4, 0.5) is 5.69 Å². The lowest BCUT2D eigenvalue weighted by Crippen LogP contribution is -2.60. The Labute approximate surface area is 475 Å². The number of rotatable bonds is 18. The molecular formula is C56H59N9O17S. The molecule has 6 aromatic rings. The van der Waals surface area contributed by atoms with Crippen molar-refractivity contribution in [3.63, 3.8) is 0 Å². The number of hydrogen-bond donors (Lipinski definition) is 5. The van der Waals surface area contributed by atoms with Gasteiger partial charge in [-0.1, -0.05) is 6.92 Å². The molecule has 5 aliphatic heterocycles. The van der Waals surface area contributed by atoms with Crippen molar-refractivity contribution in [3.05, 3.63) is 129 Å². The Morgan fingerprint density at radius 1 is 0.747 bits per heavy atom. The van der Waals surface area contributed by atoms with Crippen molar-refractivity contribution < 1.29 is 80.0 Å². The Morgan fingerprint density at radius 2 is 1.40 bits per heavy atom. The number of aryl methyl sites for hydroxylation is 2. The molecule has 0 aliphatic carbocycles. The minimum absolute atomic E-state index is 0.0620. The fraction of sp³-hybridized carbons (Fsp3) is 0.375. The number of aromatic nitrogens is 4. The monoisotopic (exact) mass is 1160 g/mol. The summed E-state index contributed by atoms with van der Waals surface area (Å²) in [7, 11) is 1.43. The number of carbonyl (C=O) groups is 3. The Kier molecular flexibility index (Phi) is 15.6. The van der Waals surface area contributed by atoms with Gasteiger partial charge >= 0.3 is 10.4 Å². The third-order valence-electron chi connectivity index (χ3n) is 14.9. The first-order chi connectivity index (χ1) is 39.9. The van der Waals surface area contributed by atoms with E-state index in [9.17, 15) is 43.2 Å². The van der Waals surface area contributed by atoms with E-state index in [1.807, 2.05) is 30.2 Å². The Morgan fingerprint density at radius 3 is 2.07 bits per heavy atom. The number of hydrogen-bond acceptors (Lipinski definition) is 21. The van der Waals surface area contributed by atoms with E-state index in [2.05, 4.69) is 15.3 Å². The zero-order valence-electron chi connectivity index (χ0n) is 45.6. The van der Waals surface area contributed by atoms with Gasteiger partial charge in [-0.3, -0.25) is 24.4 Å². The number of aliphatic imine (C=N–C) groups is 2. The van der Waals surface area contributed by atoms with Gasteiger partial charge in [0.2, 0.25) is 6.29 Å². The molecule has 2 aromatic heterocycles. The lowest BCUT2D eigenvalue weighted by Gasteiger charge is -2.39. The van der Waals surface area contributed by atoms with Crippen molar-refractivity contribution in [2.75, 3.05) is 27.4 Å². The number of methoxy groups -OCH3 is 2. The molecule has 7 heterocycles. The topological polar surface area (TPSA) is 319 Å². The van der Waals surface area contributed by atoms with Gasteiger partial charge in [0.15, 0.2) is 34.5 Å².